The Bertz CT molecular complexity index is 1750. The lowest BCUT2D eigenvalue weighted by Gasteiger charge is -2.18. The lowest BCUT2D eigenvalue weighted by molar-refractivity contribution is 0.0981. The quantitative estimate of drug-likeness (QED) is 0.186. The van der Waals surface area contributed by atoms with Crippen LogP contribution < -0.4 is 20.1 Å². The monoisotopic (exact) mass is 743 g/mol. The minimum Gasteiger partial charge on any atom is -0.477 e. The van der Waals surface area contributed by atoms with Crippen molar-refractivity contribution in [3.8, 4) is 11.7 Å². The molecule has 4 fully saturated rings. The van der Waals surface area contributed by atoms with Crippen LogP contribution in [0.15, 0.2) is 47.6 Å². The summed E-state index contributed by atoms with van der Waals surface area (Å²) in [5.74, 6) is 1.06. The molecule has 16 heteroatoms. The number of sulfonamides is 1. The number of halogens is 4. The van der Waals surface area contributed by atoms with E-state index >= 15 is 0 Å². The highest BCUT2D eigenvalue weighted by atomic mass is 35.5. The molecule has 0 aromatic carbocycles. The van der Waals surface area contributed by atoms with Crippen molar-refractivity contribution < 1.29 is 22.3 Å². The molecule has 4 aliphatic rings. The van der Waals surface area contributed by atoms with Crippen molar-refractivity contribution in [3.05, 3.63) is 53.3 Å². The van der Waals surface area contributed by atoms with Crippen molar-refractivity contribution in [1.82, 2.24) is 29.8 Å². The Morgan fingerprint density at radius 3 is 2.50 bits per heavy atom. The zero-order valence-corrected chi connectivity index (χ0v) is 30.0. The van der Waals surface area contributed by atoms with Crippen molar-refractivity contribution in [2.24, 2.45) is 22.7 Å². The van der Waals surface area contributed by atoms with E-state index in [2.05, 4.69) is 39.5 Å². The number of carbonyl (C=O) groups excluding carboxylic acids is 1. The molecule has 0 bridgehead atoms. The molecule has 2 spiro atoms. The van der Waals surface area contributed by atoms with Gasteiger partial charge in [-0.25, -0.2) is 23.8 Å². The van der Waals surface area contributed by atoms with E-state index in [-0.39, 0.29) is 59.4 Å². The van der Waals surface area contributed by atoms with Crippen LogP contribution in [0.1, 0.15) is 69.2 Å². The van der Waals surface area contributed by atoms with E-state index in [1.165, 1.54) is 54.6 Å². The van der Waals surface area contributed by atoms with Gasteiger partial charge in [-0.2, -0.15) is 8.42 Å². The number of carbonyl (C=O) groups is 1. The van der Waals surface area contributed by atoms with Crippen LogP contribution in [-0.4, -0.2) is 65.5 Å². The number of ether oxygens (including phenoxy) is 1. The van der Waals surface area contributed by atoms with Gasteiger partial charge < -0.3 is 15.4 Å². The molecule has 4 heterocycles. The van der Waals surface area contributed by atoms with E-state index in [9.17, 15) is 17.6 Å². The molecular formula is C32H41Cl3FN7O4S. The van der Waals surface area contributed by atoms with Crippen LogP contribution in [0.3, 0.4) is 0 Å². The van der Waals surface area contributed by atoms with E-state index in [0.717, 1.165) is 25.3 Å². The summed E-state index contributed by atoms with van der Waals surface area (Å²) in [5, 5.41) is 10.1. The van der Waals surface area contributed by atoms with E-state index in [1.54, 1.807) is 18.3 Å². The molecule has 3 N–H and O–H groups in total. The number of anilines is 1. The number of fused-ring (bicyclic) bond motifs is 1. The van der Waals surface area contributed by atoms with Crippen LogP contribution >= 0.6 is 36.4 Å². The van der Waals surface area contributed by atoms with Crippen molar-refractivity contribution in [3.63, 3.8) is 0 Å². The summed E-state index contributed by atoms with van der Waals surface area (Å²) < 4.78 is 50.1. The van der Waals surface area contributed by atoms with Crippen molar-refractivity contribution >= 4 is 58.2 Å². The van der Waals surface area contributed by atoms with E-state index in [0.29, 0.717) is 35.6 Å². The fourth-order valence-electron chi connectivity index (χ4n) is 7.88. The number of hydrogen-bond donors (Lipinski definition) is 3. The van der Waals surface area contributed by atoms with Gasteiger partial charge in [0.2, 0.25) is 5.88 Å². The van der Waals surface area contributed by atoms with Gasteiger partial charge in [0, 0.05) is 24.3 Å². The summed E-state index contributed by atoms with van der Waals surface area (Å²) in [6.45, 7) is 5.56. The third kappa shape index (κ3) is 7.26. The molecule has 3 aromatic heterocycles. The molecule has 7 rings (SSSR count). The Kier molecular flexibility index (Phi) is 10.3. The molecule has 3 aromatic rings. The molecule has 11 nitrogen and oxygen atoms in total. The predicted molar refractivity (Wildman–Crippen MR) is 185 cm³/mol. The molecule has 3 aliphatic carbocycles. The Hall–Kier alpha value is -2.71. The Morgan fingerprint density at radius 1 is 1.12 bits per heavy atom. The number of aromatic nitrogens is 4. The Morgan fingerprint density at radius 2 is 1.85 bits per heavy atom. The summed E-state index contributed by atoms with van der Waals surface area (Å²) in [5.41, 5.74) is 1.16. The van der Waals surface area contributed by atoms with Gasteiger partial charge in [-0.1, -0.05) is 17.7 Å². The summed E-state index contributed by atoms with van der Waals surface area (Å²) in [6.07, 6.45) is 8.39. The van der Waals surface area contributed by atoms with E-state index in [1.807, 2.05) is 4.72 Å². The van der Waals surface area contributed by atoms with Gasteiger partial charge in [0.25, 0.3) is 15.9 Å². The normalized spacial score (nSPS) is 21.5. The molecule has 2 atom stereocenters. The van der Waals surface area contributed by atoms with Crippen molar-refractivity contribution in [2.45, 2.75) is 75.5 Å². The number of amides is 1. The lowest BCUT2D eigenvalue weighted by atomic mass is 9.93. The number of hydrogen-bond acceptors (Lipinski definition) is 9. The number of rotatable bonds is 13. The third-order valence-corrected chi connectivity index (χ3v) is 11.9. The minimum absolute atomic E-state index is 0. The second kappa shape index (κ2) is 13.5. The topological polar surface area (TPSA) is 140 Å². The zero-order chi connectivity index (χ0) is 32.3. The van der Waals surface area contributed by atoms with Crippen LogP contribution in [0.5, 0.6) is 5.88 Å². The first-order chi connectivity index (χ1) is 21.9. The van der Waals surface area contributed by atoms with Crippen molar-refractivity contribution in [1.29, 1.82) is 0 Å². The second-order valence-corrected chi connectivity index (χ2v) is 15.9. The molecule has 0 radical (unpaired) electrons. The smallest absolute Gasteiger partial charge is 0.281 e. The number of alkyl halides is 1. The summed E-state index contributed by atoms with van der Waals surface area (Å²) in [7, 11) is -4.37. The van der Waals surface area contributed by atoms with Crippen molar-refractivity contribution in [2.75, 3.05) is 25.0 Å². The van der Waals surface area contributed by atoms with Crippen LogP contribution in [0.4, 0.5) is 10.2 Å². The summed E-state index contributed by atoms with van der Waals surface area (Å²) >= 11 is 6.31. The highest BCUT2D eigenvalue weighted by Gasteiger charge is 2.85. The molecule has 1 saturated heterocycles. The SMILES string of the molecule is CC1(C)CC(CC(F)CNc2cccc(S(=O)(=O)NC(=O)c3ccc(-n4ccc(OCCC5C6(CC6)C56CC6)n4)nc3Cl)n2)CN1.Cl.Cl. The summed E-state index contributed by atoms with van der Waals surface area (Å²) in [4.78, 5) is 21.3. The summed E-state index contributed by atoms with van der Waals surface area (Å²) in [6, 6.07) is 8.89. The number of nitrogens with one attached hydrogen (secondary N) is 3. The van der Waals surface area contributed by atoms with Gasteiger partial charge in [-0.15, -0.1) is 29.9 Å². The molecule has 2 unspecified atom stereocenters. The van der Waals surface area contributed by atoms with Crippen LogP contribution in [0, 0.1) is 22.7 Å². The first-order valence-electron chi connectivity index (χ1n) is 15.9. The Balaban J connectivity index is 0.00000225. The maximum absolute atomic E-state index is 14.7. The maximum Gasteiger partial charge on any atom is 0.281 e. The average Bonchev–Trinajstić information content (AvgIpc) is 3.96. The van der Waals surface area contributed by atoms with Crippen LogP contribution in [0.25, 0.3) is 5.82 Å². The first-order valence-corrected chi connectivity index (χ1v) is 17.8. The maximum atomic E-state index is 14.7. The van der Waals surface area contributed by atoms with Gasteiger partial charge >= 0.3 is 0 Å². The second-order valence-electron chi connectivity index (χ2n) is 14.0. The van der Waals surface area contributed by atoms with Gasteiger partial charge in [0.15, 0.2) is 10.8 Å². The minimum atomic E-state index is -4.37. The lowest BCUT2D eigenvalue weighted by Crippen LogP contribution is -2.31. The van der Waals surface area contributed by atoms with Crippen LogP contribution in [-0.2, 0) is 10.0 Å². The third-order valence-electron chi connectivity index (χ3n) is 10.3. The number of nitrogens with zero attached hydrogens (tertiary/aromatic N) is 4. The molecule has 48 heavy (non-hydrogen) atoms. The molecule has 3 saturated carbocycles. The largest absolute Gasteiger partial charge is 0.477 e. The van der Waals surface area contributed by atoms with Gasteiger partial charge in [-0.3, -0.25) is 4.79 Å². The highest BCUT2D eigenvalue weighted by Crippen LogP contribution is 2.93. The molecular weight excluding hydrogens is 704 g/mol. The average molecular weight is 745 g/mol. The fraction of sp³-hybridized carbons (Fsp3) is 0.562. The standard InChI is InChI=1S/C32H39ClFN7O4S.2ClH/c1-30(2)17-20(18-36-30)16-21(34)19-35-24-4-3-5-27(37-24)46(43,44)40-29(42)22-6-7-25(38-28(22)33)41-14-8-26(39-41)45-15-9-23-31(10-11-31)32(23)12-13-32;;/h3-8,14,20-21,23,36H,9-13,15-19H2,1-2H3,(H,35,37)(H,40,42);2*1H. The predicted octanol–water partition coefficient (Wildman–Crippen LogP) is 5.77. The molecule has 262 valence electrons. The Labute approximate surface area is 297 Å². The van der Waals surface area contributed by atoms with Gasteiger partial charge in [0.1, 0.15) is 17.1 Å². The first kappa shape index (κ1) is 36.6. The number of pyridine rings is 2. The van der Waals surface area contributed by atoms with Gasteiger partial charge in [0.05, 0.1) is 12.2 Å². The van der Waals surface area contributed by atoms with Crippen LogP contribution in [0.2, 0.25) is 5.15 Å². The van der Waals surface area contributed by atoms with E-state index < -0.39 is 27.1 Å². The fourth-order valence-corrected chi connectivity index (χ4v) is 9.05. The van der Waals surface area contributed by atoms with Gasteiger partial charge in [-0.05, 0) is 112 Å². The highest BCUT2D eigenvalue weighted by molar-refractivity contribution is 7.90. The zero-order valence-electron chi connectivity index (χ0n) is 26.7. The molecule has 1 aliphatic heterocycles. The molecule has 1 amide bonds. The van der Waals surface area contributed by atoms with E-state index in [4.69, 9.17) is 16.3 Å².